The Labute approximate surface area is 85.7 Å². The molecule has 0 atom stereocenters. The molecule has 0 radical (unpaired) electrons. The molecule has 2 nitrogen and oxygen atoms in total. The SMILES string of the molecule is CNCC1(c2ccc(C)o2)CCCC1. The molecule has 1 fully saturated rings. The zero-order valence-electron chi connectivity index (χ0n) is 9.10. The maximum atomic E-state index is 5.78. The zero-order chi connectivity index (χ0) is 10.0. The molecule has 0 bridgehead atoms. The molecule has 2 rings (SSSR count). The molecule has 0 spiro atoms. The summed E-state index contributed by atoms with van der Waals surface area (Å²) < 4.78 is 5.78. The molecule has 14 heavy (non-hydrogen) atoms. The largest absolute Gasteiger partial charge is 0.466 e. The van der Waals surface area contributed by atoms with Gasteiger partial charge in [-0.25, -0.2) is 0 Å². The first kappa shape index (κ1) is 9.78. The third-order valence-electron chi connectivity index (χ3n) is 3.34. The highest BCUT2D eigenvalue weighted by Crippen LogP contribution is 2.41. The van der Waals surface area contributed by atoms with E-state index in [1.54, 1.807) is 0 Å². The highest BCUT2D eigenvalue weighted by atomic mass is 16.3. The van der Waals surface area contributed by atoms with Crippen LogP contribution in [0.5, 0.6) is 0 Å². The van der Waals surface area contributed by atoms with Gasteiger partial charge in [0, 0.05) is 12.0 Å². The molecule has 0 amide bonds. The molecule has 1 aliphatic rings. The monoisotopic (exact) mass is 193 g/mol. The van der Waals surface area contributed by atoms with Gasteiger partial charge in [0.15, 0.2) is 0 Å². The molecule has 0 saturated heterocycles. The molecule has 1 aromatic heterocycles. The van der Waals surface area contributed by atoms with Crippen LogP contribution >= 0.6 is 0 Å². The van der Waals surface area contributed by atoms with E-state index in [1.165, 1.54) is 31.4 Å². The number of hydrogen-bond acceptors (Lipinski definition) is 2. The van der Waals surface area contributed by atoms with Crippen molar-refractivity contribution < 1.29 is 4.42 Å². The first-order chi connectivity index (χ1) is 6.77. The second-order valence-corrected chi connectivity index (χ2v) is 4.43. The summed E-state index contributed by atoms with van der Waals surface area (Å²) in [5.41, 5.74) is 0.281. The predicted molar refractivity (Wildman–Crippen MR) is 57.5 cm³/mol. The number of furan rings is 1. The third-order valence-corrected chi connectivity index (χ3v) is 3.34. The van der Waals surface area contributed by atoms with Gasteiger partial charge in [0.05, 0.1) is 0 Å². The van der Waals surface area contributed by atoms with Crippen molar-refractivity contribution in [2.75, 3.05) is 13.6 Å². The normalized spacial score (nSPS) is 20.1. The summed E-state index contributed by atoms with van der Waals surface area (Å²) in [7, 11) is 2.02. The van der Waals surface area contributed by atoms with Crippen LogP contribution in [0.1, 0.15) is 37.2 Å². The summed E-state index contributed by atoms with van der Waals surface area (Å²) in [5, 5.41) is 3.30. The van der Waals surface area contributed by atoms with Crippen LogP contribution in [0.15, 0.2) is 16.5 Å². The quantitative estimate of drug-likeness (QED) is 0.798. The Morgan fingerprint density at radius 3 is 2.57 bits per heavy atom. The summed E-state index contributed by atoms with van der Waals surface area (Å²) in [6.07, 6.45) is 5.20. The van der Waals surface area contributed by atoms with Crippen molar-refractivity contribution in [3.8, 4) is 0 Å². The van der Waals surface area contributed by atoms with Crippen LogP contribution in [0.4, 0.5) is 0 Å². The van der Waals surface area contributed by atoms with Crippen molar-refractivity contribution in [3.05, 3.63) is 23.7 Å². The van der Waals surface area contributed by atoms with Crippen LogP contribution in [0.25, 0.3) is 0 Å². The molecular weight excluding hydrogens is 174 g/mol. The van der Waals surface area contributed by atoms with E-state index in [0.29, 0.717) is 0 Å². The van der Waals surface area contributed by atoms with Gasteiger partial charge in [-0.05, 0) is 38.9 Å². The Morgan fingerprint density at radius 2 is 2.07 bits per heavy atom. The lowest BCUT2D eigenvalue weighted by molar-refractivity contribution is 0.324. The summed E-state index contributed by atoms with van der Waals surface area (Å²) in [6.45, 7) is 3.06. The van der Waals surface area contributed by atoms with E-state index in [4.69, 9.17) is 4.42 Å². The number of rotatable bonds is 3. The fourth-order valence-corrected chi connectivity index (χ4v) is 2.62. The molecule has 1 aliphatic carbocycles. The molecule has 1 N–H and O–H groups in total. The summed E-state index contributed by atoms with van der Waals surface area (Å²) >= 11 is 0. The van der Waals surface area contributed by atoms with Crippen molar-refractivity contribution in [1.29, 1.82) is 0 Å². The molecule has 0 unspecified atom stereocenters. The highest BCUT2D eigenvalue weighted by molar-refractivity contribution is 5.19. The molecule has 1 aromatic rings. The minimum absolute atomic E-state index is 0.281. The molecule has 1 saturated carbocycles. The standard InChI is InChI=1S/C12H19NO/c1-10-5-6-11(14-10)12(9-13-2)7-3-4-8-12/h5-6,13H,3-4,7-9H2,1-2H3. The second kappa shape index (κ2) is 3.77. The number of likely N-dealkylation sites (N-methyl/N-ethyl adjacent to an activating group) is 1. The van der Waals surface area contributed by atoms with E-state index < -0.39 is 0 Å². The van der Waals surface area contributed by atoms with Gasteiger partial charge in [-0.1, -0.05) is 12.8 Å². The average molecular weight is 193 g/mol. The Balaban J connectivity index is 2.26. The fourth-order valence-electron chi connectivity index (χ4n) is 2.62. The van der Waals surface area contributed by atoms with E-state index in [9.17, 15) is 0 Å². The van der Waals surface area contributed by atoms with E-state index >= 15 is 0 Å². The van der Waals surface area contributed by atoms with Crippen LogP contribution in [0, 0.1) is 6.92 Å². The Kier molecular flexibility index (Phi) is 2.64. The van der Waals surface area contributed by atoms with Crippen LogP contribution in [-0.4, -0.2) is 13.6 Å². The highest BCUT2D eigenvalue weighted by Gasteiger charge is 2.37. The van der Waals surface area contributed by atoms with Gasteiger partial charge in [-0.3, -0.25) is 0 Å². The van der Waals surface area contributed by atoms with E-state index in [0.717, 1.165) is 12.3 Å². The molecule has 1 heterocycles. The van der Waals surface area contributed by atoms with Gasteiger partial charge in [-0.2, -0.15) is 0 Å². The Morgan fingerprint density at radius 1 is 1.36 bits per heavy atom. The van der Waals surface area contributed by atoms with Crippen molar-refractivity contribution in [3.63, 3.8) is 0 Å². The number of hydrogen-bond donors (Lipinski definition) is 1. The van der Waals surface area contributed by atoms with Crippen molar-refractivity contribution in [2.24, 2.45) is 0 Å². The fraction of sp³-hybridized carbons (Fsp3) is 0.667. The second-order valence-electron chi connectivity index (χ2n) is 4.43. The molecule has 2 heteroatoms. The lowest BCUT2D eigenvalue weighted by Gasteiger charge is -2.26. The van der Waals surface area contributed by atoms with Gasteiger partial charge < -0.3 is 9.73 Å². The lowest BCUT2D eigenvalue weighted by Crippen LogP contribution is -2.33. The molecule has 0 aliphatic heterocycles. The van der Waals surface area contributed by atoms with Crippen molar-refractivity contribution in [2.45, 2.75) is 38.0 Å². The zero-order valence-corrected chi connectivity index (χ0v) is 9.10. The van der Waals surface area contributed by atoms with Gasteiger partial charge in [0.1, 0.15) is 11.5 Å². The van der Waals surface area contributed by atoms with Crippen molar-refractivity contribution >= 4 is 0 Å². The first-order valence-electron chi connectivity index (χ1n) is 5.48. The predicted octanol–water partition coefficient (Wildman–Crippen LogP) is 2.62. The van der Waals surface area contributed by atoms with Crippen LogP contribution in [-0.2, 0) is 5.41 Å². The summed E-state index contributed by atoms with van der Waals surface area (Å²) in [5.74, 6) is 2.21. The van der Waals surface area contributed by atoms with Gasteiger partial charge in [0.25, 0.3) is 0 Å². The lowest BCUT2D eigenvalue weighted by atomic mass is 9.83. The van der Waals surface area contributed by atoms with E-state index in [1.807, 2.05) is 14.0 Å². The smallest absolute Gasteiger partial charge is 0.111 e. The van der Waals surface area contributed by atoms with Crippen LogP contribution in [0.2, 0.25) is 0 Å². The molecule has 0 aromatic carbocycles. The first-order valence-corrected chi connectivity index (χ1v) is 5.48. The van der Waals surface area contributed by atoms with Gasteiger partial charge >= 0.3 is 0 Å². The number of nitrogens with one attached hydrogen (secondary N) is 1. The Bertz CT molecular complexity index is 297. The molecule has 78 valence electrons. The molecular formula is C12H19NO. The summed E-state index contributed by atoms with van der Waals surface area (Å²) in [6, 6.07) is 4.23. The average Bonchev–Trinajstić information content (AvgIpc) is 2.75. The minimum atomic E-state index is 0.281. The van der Waals surface area contributed by atoms with E-state index in [-0.39, 0.29) is 5.41 Å². The number of aryl methyl sites for hydroxylation is 1. The summed E-state index contributed by atoms with van der Waals surface area (Å²) in [4.78, 5) is 0. The van der Waals surface area contributed by atoms with Gasteiger partial charge in [-0.15, -0.1) is 0 Å². The Hall–Kier alpha value is -0.760. The van der Waals surface area contributed by atoms with Crippen molar-refractivity contribution in [1.82, 2.24) is 5.32 Å². The van der Waals surface area contributed by atoms with Gasteiger partial charge in [0.2, 0.25) is 0 Å². The maximum absolute atomic E-state index is 5.78. The van der Waals surface area contributed by atoms with E-state index in [2.05, 4.69) is 17.4 Å². The third kappa shape index (κ3) is 1.59. The van der Waals surface area contributed by atoms with Crippen LogP contribution in [0.3, 0.4) is 0 Å². The maximum Gasteiger partial charge on any atom is 0.111 e. The topological polar surface area (TPSA) is 25.2 Å². The van der Waals surface area contributed by atoms with Crippen LogP contribution < -0.4 is 5.32 Å². The minimum Gasteiger partial charge on any atom is -0.466 e.